The van der Waals surface area contributed by atoms with Crippen molar-refractivity contribution in [3.63, 3.8) is 0 Å². The second kappa shape index (κ2) is 7.29. The van der Waals surface area contributed by atoms with Crippen LogP contribution in [0.1, 0.15) is 37.7 Å². The van der Waals surface area contributed by atoms with Crippen molar-refractivity contribution in [1.82, 2.24) is 5.32 Å². The lowest BCUT2D eigenvalue weighted by molar-refractivity contribution is 0.119. The predicted octanol–water partition coefficient (Wildman–Crippen LogP) is 2.95. The predicted molar refractivity (Wildman–Crippen MR) is 82.1 cm³/mol. The lowest BCUT2D eigenvalue weighted by atomic mass is 10.1. The summed E-state index contributed by atoms with van der Waals surface area (Å²) in [7, 11) is 1.54. The number of nitrogens with one attached hydrogen (secondary N) is 1. The molecule has 0 aromatic heterocycles. The Labute approximate surface area is 128 Å². The highest BCUT2D eigenvalue weighted by Crippen LogP contribution is 2.35. The maximum Gasteiger partial charge on any atom is 0.172 e. The van der Waals surface area contributed by atoms with Gasteiger partial charge in [0.15, 0.2) is 11.5 Å². The Morgan fingerprint density at radius 3 is 2.80 bits per heavy atom. The average Bonchev–Trinajstić information content (AvgIpc) is 2.64. The van der Waals surface area contributed by atoms with Crippen molar-refractivity contribution >= 4 is 15.9 Å². The van der Waals surface area contributed by atoms with E-state index in [2.05, 4.69) is 21.2 Å². The van der Waals surface area contributed by atoms with Gasteiger partial charge in [0, 0.05) is 12.6 Å². The number of aromatic hydroxyl groups is 1. The molecule has 1 aromatic carbocycles. The van der Waals surface area contributed by atoms with E-state index in [-0.39, 0.29) is 17.9 Å². The summed E-state index contributed by atoms with van der Waals surface area (Å²) in [6.07, 6.45) is 5.10. The zero-order valence-electron chi connectivity index (χ0n) is 11.7. The Kier molecular flexibility index (Phi) is 5.69. The number of halogens is 1. The van der Waals surface area contributed by atoms with Gasteiger partial charge in [-0.15, -0.1) is 0 Å². The summed E-state index contributed by atoms with van der Waals surface area (Å²) in [6, 6.07) is 3.83. The molecule has 0 heterocycles. The molecule has 2 unspecified atom stereocenters. The number of phenolic OH excluding ortho intramolecular Hbond substituents is 1. The lowest BCUT2D eigenvalue weighted by Gasteiger charge is -2.22. The molecule has 1 saturated carbocycles. The summed E-state index contributed by atoms with van der Waals surface area (Å²) in [5.41, 5.74) is 1.02. The van der Waals surface area contributed by atoms with E-state index in [4.69, 9.17) is 4.74 Å². The highest BCUT2D eigenvalue weighted by Gasteiger charge is 2.21. The first kappa shape index (κ1) is 15.6. The minimum atomic E-state index is -0.264. The zero-order valence-corrected chi connectivity index (χ0v) is 13.3. The second-order valence-electron chi connectivity index (χ2n) is 5.32. The summed E-state index contributed by atoms with van der Waals surface area (Å²) < 4.78 is 5.76. The molecule has 1 aliphatic carbocycles. The van der Waals surface area contributed by atoms with E-state index in [9.17, 15) is 10.2 Å². The minimum absolute atomic E-state index is 0.116. The Hall–Kier alpha value is -0.780. The number of methoxy groups -OCH3 is 1. The van der Waals surface area contributed by atoms with E-state index in [1.54, 1.807) is 0 Å². The van der Waals surface area contributed by atoms with Crippen LogP contribution in [0.15, 0.2) is 16.6 Å². The standard InChI is InChI=1S/C15H22BrNO3/c1-20-14-8-10(7-11(16)15(14)19)9-17-12-5-3-2-4-6-13(12)18/h7-8,12-13,17-19H,2-6,9H2,1H3. The third-order valence-electron chi connectivity index (χ3n) is 3.86. The summed E-state index contributed by atoms with van der Waals surface area (Å²) in [4.78, 5) is 0. The first-order valence-electron chi connectivity index (χ1n) is 7.08. The van der Waals surface area contributed by atoms with Crippen molar-refractivity contribution in [1.29, 1.82) is 0 Å². The van der Waals surface area contributed by atoms with E-state index in [0.717, 1.165) is 31.2 Å². The van der Waals surface area contributed by atoms with Crippen LogP contribution in [0, 0.1) is 0 Å². The van der Waals surface area contributed by atoms with Crippen LogP contribution < -0.4 is 10.1 Å². The van der Waals surface area contributed by atoms with Gasteiger partial charge in [0.2, 0.25) is 0 Å². The molecule has 0 spiro atoms. The summed E-state index contributed by atoms with van der Waals surface area (Å²) in [6.45, 7) is 0.650. The van der Waals surface area contributed by atoms with Crippen LogP contribution in [0.25, 0.3) is 0 Å². The van der Waals surface area contributed by atoms with Crippen LogP contribution in [0.4, 0.5) is 0 Å². The second-order valence-corrected chi connectivity index (χ2v) is 6.18. The highest BCUT2D eigenvalue weighted by molar-refractivity contribution is 9.10. The van der Waals surface area contributed by atoms with Gasteiger partial charge < -0.3 is 20.3 Å². The SMILES string of the molecule is COc1cc(CNC2CCCCCC2O)cc(Br)c1O. The van der Waals surface area contributed by atoms with Crippen molar-refractivity contribution in [2.24, 2.45) is 0 Å². The maximum atomic E-state index is 10.1. The van der Waals surface area contributed by atoms with Crippen LogP contribution in [0.2, 0.25) is 0 Å². The Bertz CT molecular complexity index is 453. The van der Waals surface area contributed by atoms with E-state index in [0.29, 0.717) is 16.8 Å². The molecule has 3 N–H and O–H groups in total. The summed E-state index contributed by atoms with van der Waals surface area (Å²) >= 11 is 3.32. The number of rotatable bonds is 4. The van der Waals surface area contributed by atoms with Crippen LogP contribution in [-0.4, -0.2) is 29.5 Å². The van der Waals surface area contributed by atoms with E-state index < -0.39 is 0 Å². The minimum Gasteiger partial charge on any atom is -0.503 e. The molecule has 0 saturated heterocycles. The average molecular weight is 344 g/mol. The third-order valence-corrected chi connectivity index (χ3v) is 4.46. The zero-order chi connectivity index (χ0) is 14.5. The Morgan fingerprint density at radius 1 is 1.30 bits per heavy atom. The Morgan fingerprint density at radius 2 is 2.05 bits per heavy atom. The molecule has 2 rings (SSSR count). The van der Waals surface area contributed by atoms with E-state index in [1.165, 1.54) is 13.5 Å². The molecule has 0 bridgehead atoms. The van der Waals surface area contributed by atoms with Crippen molar-refractivity contribution in [2.75, 3.05) is 7.11 Å². The molecular weight excluding hydrogens is 322 g/mol. The fourth-order valence-electron chi connectivity index (χ4n) is 2.66. The van der Waals surface area contributed by atoms with Gasteiger partial charge in [0.1, 0.15) is 0 Å². The van der Waals surface area contributed by atoms with E-state index >= 15 is 0 Å². The fraction of sp³-hybridized carbons (Fsp3) is 0.600. The van der Waals surface area contributed by atoms with E-state index in [1.807, 2.05) is 12.1 Å². The van der Waals surface area contributed by atoms with Gasteiger partial charge in [-0.25, -0.2) is 0 Å². The van der Waals surface area contributed by atoms with Crippen LogP contribution >= 0.6 is 15.9 Å². The third kappa shape index (κ3) is 3.87. The van der Waals surface area contributed by atoms with Gasteiger partial charge in [0.05, 0.1) is 17.7 Å². The molecule has 1 aromatic rings. The quantitative estimate of drug-likeness (QED) is 0.735. The number of phenols is 1. The number of aliphatic hydroxyl groups excluding tert-OH is 1. The number of benzene rings is 1. The van der Waals surface area contributed by atoms with Crippen LogP contribution in [-0.2, 0) is 6.54 Å². The Balaban J connectivity index is 2.01. The molecule has 2 atom stereocenters. The molecule has 5 heteroatoms. The molecule has 4 nitrogen and oxygen atoms in total. The van der Waals surface area contributed by atoms with Gasteiger partial charge in [-0.2, -0.15) is 0 Å². The monoisotopic (exact) mass is 343 g/mol. The fourth-order valence-corrected chi connectivity index (χ4v) is 3.15. The first-order valence-corrected chi connectivity index (χ1v) is 7.88. The van der Waals surface area contributed by atoms with Crippen LogP contribution in [0.5, 0.6) is 11.5 Å². The van der Waals surface area contributed by atoms with Crippen LogP contribution in [0.3, 0.4) is 0 Å². The smallest absolute Gasteiger partial charge is 0.172 e. The number of ether oxygens (including phenoxy) is 1. The summed E-state index contributed by atoms with van der Waals surface area (Å²) in [5, 5.41) is 23.3. The van der Waals surface area contributed by atoms with Gasteiger partial charge in [-0.3, -0.25) is 0 Å². The summed E-state index contributed by atoms with van der Waals surface area (Å²) in [5.74, 6) is 0.573. The van der Waals surface area contributed by atoms with Crippen molar-refractivity contribution < 1.29 is 14.9 Å². The molecule has 0 radical (unpaired) electrons. The molecular formula is C15H22BrNO3. The molecule has 20 heavy (non-hydrogen) atoms. The number of hydrogen-bond donors (Lipinski definition) is 3. The number of hydrogen-bond acceptors (Lipinski definition) is 4. The molecule has 0 amide bonds. The topological polar surface area (TPSA) is 61.7 Å². The number of aliphatic hydroxyl groups is 1. The maximum absolute atomic E-state index is 10.1. The molecule has 112 valence electrons. The molecule has 1 fully saturated rings. The van der Waals surface area contributed by atoms with Crippen molar-refractivity contribution in [3.8, 4) is 11.5 Å². The largest absolute Gasteiger partial charge is 0.503 e. The van der Waals surface area contributed by atoms with Crippen molar-refractivity contribution in [3.05, 3.63) is 22.2 Å². The van der Waals surface area contributed by atoms with Gasteiger partial charge in [0.25, 0.3) is 0 Å². The molecule has 0 aliphatic heterocycles. The van der Waals surface area contributed by atoms with Gasteiger partial charge >= 0.3 is 0 Å². The first-order chi connectivity index (χ1) is 9.61. The highest BCUT2D eigenvalue weighted by atomic mass is 79.9. The lowest BCUT2D eigenvalue weighted by Crippen LogP contribution is -2.38. The normalized spacial score (nSPS) is 23.4. The van der Waals surface area contributed by atoms with Crippen molar-refractivity contribution in [2.45, 2.75) is 50.8 Å². The van der Waals surface area contributed by atoms with Gasteiger partial charge in [-0.1, -0.05) is 19.3 Å². The molecule has 1 aliphatic rings. The van der Waals surface area contributed by atoms with Gasteiger partial charge in [-0.05, 0) is 46.5 Å².